The number of amides is 2. The summed E-state index contributed by atoms with van der Waals surface area (Å²) >= 11 is 0. The smallest absolute Gasteiger partial charge is 0.225 e. The van der Waals surface area contributed by atoms with Gasteiger partial charge >= 0.3 is 0 Å². The molecule has 8 nitrogen and oxygen atoms in total. The lowest BCUT2D eigenvalue weighted by molar-refractivity contribution is -0.129. The van der Waals surface area contributed by atoms with Crippen molar-refractivity contribution in [2.75, 3.05) is 13.7 Å². The maximum Gasteiger partial charge on any atom is 0.225 e. The highest BCUT2D eigenvalue weighted by Crippen LogP contribution is 2.21. The highest BCUT2D eigenvalue weighted by atomic mass is 16.5. The Hall–Kier alpha value is -3.68. The van der Waals surface area contributed by atoms with E-state index in [2.05, 4.69) is 20.5 Å². The number of benzene rings is 2. The zero-order chi connectivity index (χ0) is 20.9. The molecular weight excluding hydrogens is 382 g/mol. The van der Waals surface area contributed by atoms with Gasteiger partial charge in [-0.05, 0) is 29.8 Å². The monoisotopic (exact) mass is 405 g/mol. The molecular formula is C22H23N5O3. The van der Waals surface area contributed by atoms with Crippen molar-refractivity contribution >= 4 is 11.8 Å². The van der Waals surface area contributed by atoms with Gasteiger partial charge in [0.1, 0.15) is 11.6 Å². The Kier molecular flexibility index (Phi) is 5.74. The number of likely N-dealkylation sites (tertiary alicyclic amines) is 1. The number of hydrogen-bond donors (Lipinski definition) is 2. The zero-order valence-corrected chi connectivity index (χ0v) is 16.7. The van der Waals surface area contributed by atoms with E-state index >= 15 is 0 Å². The maximum absolute atomic E-state index is 12.5. The molecule has 1 aliphatic heterocycles. The first kappa shape index (κ1) is 19.6. The second-order valence-electron chi connectivity index (χ2n) is 7.21. The Labute approximate surface area is 174 Å². The predicted octanol–water partition coefficient (Wildman–Crippen LogP) is 2.15. The topological polar surface area (TPSA) is 100 Å². The lowest BCUT2D eigenvalue weighted by atomic mass is 10.1. The predicted molar refractivity (Wildman–Crippen MR) is 110 cm³/mol. The first-order valence-corrected chi connectivity index (χ1v) is 9.77. The molecule has 0 aliphatic carbocycles. The van der Waals surface area contributed by atoms with Crippen molar-refractivity contribution in [2.24, 2.45) is 5.92 Å². The van der Waals surface area contributed by atoms with E-state index in [1.165, 1.54) is 0 Å². The summed E-state index contributed by atoms with van der Waals surface area (Å²) < 4.78 is 5.15. The molecule has 1 fully saturated rings. The van der Waals surface area contributed by atoms with Crippen molar-refractivity contribution in [1.82, 2.24) is 25.4 Å². The van der Waals surface area contributed by atoms with Crippen LogP contribution < -0.4 is 10.1 Å². The molecule has 154 valence electrons. The molecule has 1 aromatic heterocycles. The zero-order valence-electron chi connectivity index (χ0n) is 16.7. The highest BCUT2D eigenvalue weighted by Gasteiger charge is 2.34. The molecule has 3 aromatic rings. The lowest BCUT2D eigenvalue weighted by Gasteiger charge is -2.16. The fourth-order valence-corrected chi connectivity index (χ4v) is 3.46. The van der Waals surface area contributed by atoms with E-state index in [0.717, 1.165) is 16.9 Å². The third-order valence-corrected chi connectivity index (χ3v) is 5.11. The molecule has 1 unspecified atom stereocenters. The van der Waals surface area contributed by atoms with Crippen LogP contribution in [-0.4, -0.2) is 45.6 Å². The van der Waals surface area contributed by atoms with E-state index in [1.54, 1.807) is 12.0 Å². The summed E-state index contributed by atoms with van der Waals surface area (Å²) in [4.78, 5) is 31.0. The van der Waals surface area contributed by atoms with E-state index in [9.17, 15) is 9.59 Å². The summed E-state index contributed by atoms with van der Waals surface area (Å²) in [5.41, 5.74) is 1.90. The van der Waals surface area contributed by atoms with Gasteiger partial charge in [-0.1, -0.05) is 30.3 Å². The van der Waals surface area contributed by atoms with Gasteiger partial charge in [-0.25, -0.2) is 4.98 Å². The van der Waals surface area contributed by atoms with Crippen LogP contribution in [0, 0.1) is 5.92 Å². The fourth-order valence-electron chi connectivity index (χ4n) is 3.46. The second kappa shape index (κ2) is 8.77. The highest BCUT2D eigenvalue weighted by molar-refractivity contribution is 5.89. The maximum atomic E-state index is 12.5. The largest absolute Gasteiger partial charge is 0.497 e. The third kappa shape index (κ3) is 4.48. The Morgan fingerprint density at radius 1 is 1.20 bits per heavy atom. The Morgan fingerprint density at radius 3 is 2.70 bits per heavy atom. The van der Waals surface area contributed by atoms with Crippen molar-refractivity contribution in [2.45, 2.75) is 19.5 Å². The summed E-state index contributed by atoms with van der Waals surface area (Å²) in [6, 6.07) is 17.2. The van der Waals surface area contributed by atoms with E-state index in [1.807, 2.05) is 54.6 Å². The third-order valence-electron chi connectivity index (χ3n) is 5.11. The molecule has 0 saturated carbocycles. The minimum atomic E-state index is -0.356. The molecule has 2 amide bonds. The van der Waals surface area contributed by atoms with Gasteiger partial charge in [0, 0.05) is 25.1 Å². The van der Waals surface area contributed by atoms with Crippen LogP contribution in [0.5, 0.6) is 5.75 Å². The molecule has 4 rings (SSSR count). The van der Waals surface area contributed by atoms with Crippen molar-refractivity contribution in [3.63, 3.8) is 0 Å². The number of nitrogens with zero attached hydrogens (tertiary/aromatic N) is 3. The number of aromatic amines is 1. The first-order valence-electron chi connectivity index (χ1n) is 9.77. The van der Waals surface area contributed by atoms with Crippen LogP contribution in [0.15, 0.2) is 54.6 Å². The normalized spacial score (nSPS) is 16.0. The van der Waals surface area contributed by atoms with Gasteiger partial charge in [-0.15, -0.1) is 0 Å². The Balaban J connectivity index is 1.30. The lowest BCUT2D eigenvalue weighted by Crippen LogP contribution is -2.32. The average molecular weight is 405 g/mol. The summed E-state index contributed by atoms with van der Waals surface area (Å²) in [7, 11) is 1.61. The quantitative estimate of drug-likeness (QED) is 0.627. The summed E-state index contributed by atoms with van der Waals surface area (Å²) in [6.07, 6.45) is 0.228. The molecule has 0 radical (unpaired) electrons. The Bertz CT molecular complexity index is 1020. The SMILES string of the molecule is COc1ccc(-c2n[nH]c(CNC(=O)C3CC(=O)N(Cc4ccccc4)C3)n2)cc1. The van der Waals surface area contributed by atoms with E-state index in [0.29, 0.717) is 24.7 Å². The molecule has 1 saturated heterocycles. The average Bonchev–Trinajstić information content (AvgIpc) is 3.40. The van der Waals surface area contributed by atoms with Crippen LogP contribution in [0.1, 0.15) is 17.8 Å². The van der Waals surface area contributed by atoms with Crippen molar-refractivity contribution in [3.05, 3.63) is 66.0 Å². The van der Waals surface area contributed by atoms with Gasteiger partial charge in [0.05, 0.1) is 19.6 Å². The van der Waals surface area contributed by atoms with Gasteiger partial charge in [-0.3, -0.25) is 14.7 Å². The van der Waals surface area contributed by atoms with Crippen molar-refractivity contribution in [3.8, 4) is 17.1 Å². The minimum Gasteiger partial charge on any atom is -0.497 e. The van der Waals surface area contributed by atoms with Gasteiger partial charge in [-0.2, -0.15) is 5.10 Å². The number of H-pyrrole nitrogens is 1. The van der Waals surface area contributed by atoms with Crippen molar-refractivity contribution < 1.29 is 14.3 Å². The number of aromatic nitrogens is 3. The van der Waals surface area contributed by atoms with Crippen LogP contribution in [-0.2, 0) is 22.7 Å². The number of carbonyl (C=O) groups excluding carboxylic acids is 2. The molecule has 2 N–H and O–H groups in total. The van der Waals surface area contributed by atoms with Crippen molar-refractivity contribution in [1.29, 1.82) is 0 Å². The molecule has 0 spiro atoms. The van der Waals surface area contributed by atoms with Gasteiger partial charge in [0.15, 0.2) is 5.82 Å². The molecule has 2 aromatic carbocycles. The van der Waals surface area contributed by atoms with Gasteiger partial charge in [0.2, 0.25) is 11.8 Å². The van der Waals surface area contributed by atoms with Crippen LogP contribution in [0.25, 0.3) is 11.4 Å². The van der Waals surface area contributed by atoms with Crippen LogP contribution in [0.3, 0.4) is 0 Å². The number of rotatable bonds is 7. The number of hydrogen-bond acceptors (Lipinski definition) is 5. The van der Waals surface area contributed by atoms with Gasteiger partial charge < -0.3 is 15.0 Å². The van der Waals surface area contributed by atoms with Crippen LogP contribution in [0.4, 0.5) is 0 Å². The van der Waals surface area contributed by atoms with E-state index in [-0.39, 0.29) is 30.7 Å². The van der Waals surface area contributed by atoms with E-state index < -0.39 is 0 Å². The molecule has 0 bridgehead atoms. The summed E-state index contributed by atoms with van der Waals surface area (Å²) in [5.74, 6) is 1.35. The number of ether oxygens (including phenoxy) is 1. The standard InChI is InChI=1S/C22H23N5O3/c1-30-18-9-7-16(8-10-18)21-24-19(25-26-21)12-23-22(29)17-11-20(28)27(14-17)13-15-5-3-2-4-6-15/h2-10,17H,11-14H2,1H3,(H,23,29)(H,24,25,26). The summed E-state index contributed by atoms with van der Waals surface area (Å²) in [6.45, 7) is 1.18. The number of methoxy groups -OCH3 is 1. The fraction of sp³-hybridized carbons (Fsp3) is 0.273. The molecule has 8 heteroatoms. The number of carbonyl (C=O) groups is 2. The molecule has 1 atom stereocenters. The minimum absolute atomic E-state index is 0.000426. The van der Waals surface area contributed by atoms with Gasteiger partial charge in [0.25, 0.3) is 0 Å². The molecule has 2 heterocycles. The second-order valence-corrected chi connectivity index (χ2v) is 7.21. The first-order chi connectivity index (χ1) is 14.6. The van der Waals surface area contributed by atoms with E-state index in [4.69, 9.17) is 4.74 Å². The molecule has 30 heavy (non-hydrogen) atoms. The summed E-state index contributed by atoms with van der Waals surface area (Å²) in [5, 5.41) is 9.90. The van der Waals surface area contributed by atoms with Crippen LogP contribution in [0.2, 0.25) is 0 Å². The number of nitrogens with one attached hydrogen (secondary N) is 2. The van der Waals surface area contributed by atoms with Crippen LogP contribution >= 0.6 is 0 Å². The molecule has 1 aliphatic rings. The Morgan fingerprint density at radius 2 is 1.97 bits per heavy atom.